The summed E-state index contributed by atoms with van der Waals surface area (Å²) in [6.07, 6.45) is 4.26. The van der Waals surface area contributed by atoms with Crippen molar-refractivity contribution in [1.29, 1.82) is 0 Å². The molecule has 0 spiro atoms. The van der Waals surface area contributed by atoms with Crippen molar-refractivity contribution >= 4 is 50.1 Å². The second-order valence-electron chi connectivity index (χ2n) is 4.18. The van der Waals surface area contributed by atoms with Gasteiger partial charge >= 0.3 is 0 Å². The Kier molecular flexibility index (Phi) is 26.5. The highest BCUT2D eigenvalue weighted by Crippen LogP contribution is 1.97. The topological polar surface area (TPSA) is 84.2 Å². The summed E-state index contributed by atoms with van der Waals surface area (Å²) in [7, 11) is 0. The highest BCUT2D eigenvalue weighted by atomic mass is 128. The smallest absolute Gasteiger partial charge is 0.207 e. The quantitative estimate of drug-likeness (QED) is 0.355. The van der Waals surface area contributed by atoms with Gasteiger partial charge in [0.25, 0.3) is 0 Å². The summed E-state index contributed by atoms with van der Waals surface area (Å²) < 4.78 is 0. The first-order valence-corrected chi connectivity index (χ1v) is 12.6. The van der Waals surface area contributed by atoms with Crippen LogP contribution in [0.2, 0.25) is 0 Å². The summed E-state index contributed by atoms with van der Waals surface area (Å²) >= 11 is 4.24. The van der Waals surface area contributed by atoms with Crippen LogP contribution in [0.15, 0.2) is 0 Å². The standard InChI is InChI=1S/C7H16N2O.C5H11NO.I2/c1-3-7(8)4-6(2)9-5-10;1-3-5(2)6-4-7;1-2/h5-7H,3-4,8H2,1-2H3,(H,9,10);4-5H,3H2,1-2H3,(H,6,7);. The fourth-order valence-corrected chi connectivity index (χ4v) is 1.04. The molecule has 0 aliphatic rings. The zero-order valence-electron chi connectivity index (χ0n) is 12.2. The number of carbonyl (C=O) groups excluding carboxylic acids is 2. The van der Waals surface area contributed by atoms with Gasteiger partial charge in [0.05, 0.1) is 0 Å². The van der Waals surface area contributed by atoms with E-state index in [1.807, 2.05) is 27.7 Å². The molecule has 2 amide bonds. The molecule has 4 N–H and O–H groups in total. The van der Waals surface area contributed by atoms with Crippen LogP contribution in [0.25, 0.3) is 0 Å². The van der Waals surface area contributed by atoms with E-state index in [1.54, 1.807) is 0 Å². The minimum Gasteiger partial charge on any atom is -0.356 e. The Morgan fingerprint density at radius 1 is 1.00 bits per heavy atom. The van der Waals surface area contributed by atoms with Crippen molar-refractivity contribution < 1.29 is 9.59 Å². The molecule has 19 heavy (non-hydrogen) atoms. The van der Waals surface area contributed by atoms with Crippen molar-refractivity contribution in [3.8, 4) is 0 Å². The third-order valence-electron chi connectivity index (χ3n) is 2.50. The van der Waals surface area contributed by atoms with Gasteiger partial charge in [-0.2, -0.15) is 0 Å². The van der Waals surface area contributed by atoms with Crippen LogP contribution in [0.4, 0.5) is 0 Å². The number of nitrogens with one attached hydrogen (secondary N) is 2. The summed E-state index contributed by atoms with van der Waals surface area (Å²) in [6, 6.07) is 0.743. The summed E-state index contributed by atoms with van der Waals surface area (Å²) in [5, 5.41) is 5.26. The van der Waals surface area contributed by atoms with Crippen molar-refractivity contribution in [2.45, 2.75) is 65.1 Å². The van der Waals surface area contributed by atoms with E-state index in [4.69, 9.17) is 5.73 Å². The van der Waals surface area contributed by atoms with Gasteiger partial charge < -0.3 is 16.4 Å². The molecule has 0 aromatic heterocycles. The maximum atomic E-state index is 9.93. The molecule has 0 aliphatic heterocycles. The third kappa shape index (κ3) is 23.8. The van der Waals surface area contributed by atoms with Gasteiger partial charge in [0, 0.05) is 55.4 Å². The lowest BCUT2D eigenvalue weighted by atomic mass is 10.1. The molecule has 0 fully saturated rings. The van der Waals surface area contributed by atoms with Crippen LogP contribution in [0.5, 0.6) is 0 Å². The normalized spacial score (nSPS) is 13.4. The van der Waals surface area contributed by atoms with Gasteiger partial charge in [-0.3, -0.25) is 9.59 Å². The van der Waals surface area contributed by atoms with E-state index >= 15 is 0 Å². The molecule has 5 nitrogen and oxygen atoms in total. The zero-order chi connectivity index (χ0) is 15.7. The van der Waals surface area contributed by atoms with Crippen LogP contribution in [-0.2, 0) is 9.59 Å². The van der Waals surface area contributed by atoms with Gasteiger partial charge in [-0.05, 0) is 33.1 Å². The molecular weight excluding hydrogens is 472 g/mol. The molecule has 0 saturated carbocycles. The van der Waals surface area contributed by atoms with Gasteiger partial charge in [0.15, 0.2) is 0 Å². The molecular formula is C12H27I2N3O2. The fourth-order valence-electron chi connectivity index (χ4n) is 1.04. The average molecular weight is 499 g/mol. The molecule has 0 bridgehead atoms. The lowest BCUT2D eigenvalue weighted by Crippen LogP contribution is -2.32. The van der Waals surface area contributed by atoms with Crippen LogP contribution in [0, 0.1) is 0 Å². The maximum absolute atomic E-state index is 9.93. The van der Waals surface area contributed by atoms with Gasteiger partial charge in [-0.15, -0.1) is 0 Å². The molecule has 0 aliphatic carbocycles. The Balaban J connectivity index is -0.000000249. The Morgan fingerprint density at radius 2 is 1.42 bits per heavy atom. The van der Waals surface area contributed by atoms with Crippen molar-refractivity contribution in [1.82, 2.24) is 10.6 Å². The Hall–Kier alpha value is 0.360. The molecule has 0 radical (unpaired) electrons. The van der Waals surface area contributed by atoms with Crippen LogP contribution in [0.1, 0.15) is 47.0 Å². The maximum Gasteiger partial charge on any atom is 0.207 e. The lowest BCUT2D eigenvalue weighted by molar-refractivity contribution is -0.110. The second-order valence-corrected chi connectivity index (χ2v) is 4.18. The van der Waals surface area contributed by atoms with Gasteiger partial charge in [0.1, 0.15) is 0 Å². The van der Waals surface area contributed by atoms with Gasteiger partial charge in [0.2, 0.25) is 12.8 Å². The molecule has 0 heterocycles. The van der Waals surface area contributed by atoms with E-state index in [9.17, 15) is 9.59 Å². The summed E-state index contributed by atoms with van der Waals surface area (Å²) in [6.45, 7) is 7.98. The van der Waals surface area contributed by atoms with E-state index in [-0.39, 0.29) is 12.1 Å². The van der Waals surface area contributed by atoms with E-state index in [2.05, 4.69) is 47.9 Å². The number of halogens is 2. The van der Waals surface area contributed by atoms with Gasteiger partial charge in [-0.1, -0.05) is 13.8 Å². The van der Waals surface area contributed by atoms with E-state index in [0.717, 1.165) is 25.7 Å². The van der Waals surface area contributed by atoms with E-state index in [0.29, 0.717) is 12.5 Å². The Labute approximate surface area is 140 Å². The fraction of sp³-hybridized carbons (Fsp3) is 0.833. The first-order valence-electron chi connectivity index (χ1n) is 6.30. The number of amides is 2. The third-order valence-corrected chi connectivity index (χ3v) is 2.50. The zero-order valence-corrected chi connectivity index (χ0v) is 16.5. The van der Waals surface area contributed by atoms with Crippen molar-refractivity contribution in [3.63, 3.8) is 0 Å². The molecule has 0 rings (SSSR count). The molecule has 3 atom stereocenters. The van der Waals surface area contributed by atoms with E-state index in [1.165, 1.54) is 0 Å². The van der Waals surface area contributed by atoms with Gasteiger partial charge in [-0.25, -0.2) is 0 Å². The minimum absolute atomic E-state index is 0.201. The summed E-state index contributed by atoms with van der Waals surface area (Å²) in [5.41, 5.74) is 5.65. The van der Waals surface area contributed by atoms with Crippen LogP contribution < -0.4 is 16.4 Å². The lowest BCUT2D eigenvalue weighted by Gasteiger charge is -2.14. The highest BCUT2D eigenvalue weighted by Gasteiger charge is 2.04. The van der Waals surface area contributed by atoms with Crippen molar-refractivity contribution in [2.75, 3.05) is 0 Å². The second kappa shape index (κ2) is 20.7. The van der Waals surface area contributed by atoms with E-state index < -0.39 is 0 Å². The number of carbonyl (C=O) groups is 2. The molecule has 3 unspecified atom stereocenters. The molecule has 116 valence electrons. The van der Waals surface area contributed by atoms with Crippen LogP contribution >= 0.6 is 37.2 Å². The number of hydrogen-bond donors (Lipinski definition) is 3. The number of hydrogen-bond acceptors (Lipinski definition) is 3. The monoisotopic (exact) mass is 499 g/mol. The minimum atomic E-state index is 0.201. The average Bonchev–Trinajstić information content (AvgIpc) is 2.42. The summed E-state index contributed by atoms with van der Waals surface area (Å²) in [5.74, 6) is 0. The predicted molar refractivity (Wildman–Crippen MR) is 98.5 cm³/mol. The van der Waals surface area contributed by atoms with Crippen molar-refractivity contribution in [3.05, 3.63) is 0 Å². The van der Waals surface area contributed by atoms with Crippen molar-refractivity contribution in [2.24, 2.45) is 5.73 Å². The highest BCUT2D eigenvalue weighted by molar-refractivity contribution is 15.0. The number of nitrogens with two attached hydrogens (primary N) is 1. The SMILES string of the molecule is CCC(C)NC=O.CCC(N)CC(C)NC=O.II. The molecule has 0 aromatic carbocycles. The summed E-state index contributed by atoms with van der Waals surface area (Å²) in [4.78, 5) is 19.6. The first kappa shape index (κ1) is 24.4. The predicted octanol–water partition coefficient (Wildman–Crippen LogP) is 2.55. The Morgan fingerprint density at radius 3 is 1.68 bits per heavy atom. The number of rotatable bonds is 8. The molecule has 0 saturated heterocycles. The molecule has 0 aromatic rings. The first-order chi connectivity index (χ1) is 9.01. The largest absolute Gasteiger partial charge is 0.356 e. The Bertz CT molecular complexity index is 198. The van der Waals surface area contributed by atoms with Crippen LogP contribution in [-0.4, -0.2) is 30.9 Å². The van der Waals surface area contributed by atoms with Crippen LogP contribution in [0.3, 0.4) is 0 Å². The molecule has 7 heteroatoms.